The molecule has 1 aliphatic carbocycles. The number of aromatic nitrogens is 1. The summed E-state index contributed by atoms with van der Waals surface area (Å²) in [5.74, 6) is 1.32. The number of amides is 1. The number of nitrogens with two attached hydrogens (primary N) is 1. The van der Waals surface area contributed by atoms with Crippen LogP contribution in [0.15, 0.2) is 46.9 Å². The van der Waals surface area contributed by atoms with E-state index in [1.807, 2.05) is 6.92 Å². The number of para-hydroxylation sites is 1. The van der Waals surface area contributed by atoms with Gasteiger partial charge in [-0.3, -0.25) is 4.79 Å². The van der Waals surface area contributed by atoms with Gasteiger partial charge >= 0.3 is 6.61 Å². The first-order valence-corrected chi connectivity index (χ1v) is 11.8. The molecule has 1 aromatic heterocycles. The third-order valence-corrected chi connectivity index (χ3v) is 5.57. The molecule has 1 amide bonds. The van der Waals surface area contributed by atoms with Gasteiger partial charge in [-0.1, -0.05) is 12.1 Å². The van der Waals surface area contributed by atoms with E-state index in [1.165, 1.54) is 6.07 Å². The second-order valence-corrected chi connectivity index (χ2v) is 8.52. The highest BCUT2D eigenvalue weighted by Gasteiger charge is 2.24. The molecule has 0 aliphatic heterocycles. The number of nitrogens with one attached hydrogen (secondary N) is 1. The number of carbonyl (C=O) groups is 1. The van der Waals surface area contributed by atoms with Gasteiger partial charge < -0.3 is 29.7 Å². The fourth-order valence-corrected chi connectivity index (χ4v) is 3.60. The molecule has 1 fully saturated rings. The normalized spacial score (nSPS) is 13.9. The Morgan fingerprint density at radius 2 is 1.94 bits per heavy atom. The van der Waals surface area contributed by atoms with E-state index >= 15 is 0 Å². The average molecular weight is 502 g/mol. The van der Waals surface area contributed by atoms with Crippen molar-refractivity contribution < 1.29 is 32.2 Å². The van der Waals surface area contributed by atoms with Gasteiger partial charge in [0.15, 0.2) is 11.5 Å². The molecule has 192 valence electrons. The minimum atomic E-state index is -2.98. The largest absolute Gasteiger partial charge is 0.493 e. The molecule has 3 aromatic rings. The fraction of sp³-hybridized carbons (Fsp3) is 0.385. The Hall–Kier alpha value is -3.66. The van der Waals surface area contributed by atoms with Crippen molar-refractivity contribution >= 4 is 5.91 Å². The van der Waals surface area contributed by atoms with Crippen molar-refractivity contribution in [2.24, 2.45) is 11.7 Å². The van der Waals surface area contributed by atoms with Gasteiger partial charge in [0.1, 0.15) is 17.2 Å². The number of carbonyl (C=O) groups excluding carboxylic acids is 1. The van der Waals surface area contributed by atoms with Gasteiger partial charge in [-0.2, -0.15) is 8.78 Å². The molecule has 3 N–H and O–H groups in total. The monoisotopic (exact) mass is 501 g/mol. The molecule has 0 spiro atoms. The molecule has 4 rings (SSSR count). The summed E-state index contributed by atoms with van der Waals surface area (Å²) in [6.07, 6.45) is 2.10. The third-order valence-electron chi connectivity index (χ3n) is 5.57. The average Bonchev–Trinajstić information content (AvgIpc) is 3.58. The molecular weight excluding hydrogens is 472 g/mol. The first kappa shape index (κ1) is 25.4. The zero-order chi connectivity index (χ0) is 25.7. The summed E-state index contributed by atoms with van der Waals surface area (Å²) in [6, 6.07) is 10.9. The summed E-state index contributed by atoms with van der Waals surface area (Å²) >= 11 is 0. The lowest BCUT2D eigenvalue weighted by molar-refractivity contribution is -0.0515. The maximum atomic E-state index is 12.9. The number of halogens is 2. The van der Waals surface area contributed by atoms with E-state index in [0.29, 0.717) is 47.5 Å². The van der Waals surface area contributed by atoms with E-state index in [1.54, 1.807) is 43.3 Å². The van der Waals surface area contributed by atoms with Crippen LogP contribution in [0.25, 0.3) is 11.5 Å². The number of hydrogen-bond donors (Lipinski definition) is 2. The Morgan fingerprint density at radius 3 is 2.64 bits per heavy atom. The van der Waals surface area contributed by atoms with Crippen LogP contribution in [0.4, 0.5) is 8.78 Å². The smallest absolute Gasteiger partial charge is 0.387 e. The molecule has 36 heavy (non-hydrogen) atoms. The molecule has 0 bridgehead atoms. The summed E-state index contributed by atoms with van der Waals surface area (Å²) in [5.41, 5.74) is 7.45. The third kappa shape index (κ3) is 6.31. The molecule has 10 heteroatoms. The van der Waals surface area contributed by atoms with Crippen molar-refractivity contribution in [1.82, 2.24) is 10.3 Å². The van der Waals surface area contributed by atoms with Crippen LogP contribution in [0.3, 0.4) is 0 Å². The molecule has 1 saturated carbocycles. The summed E-state index contributed by atoms with van der Waals surface area (Å²) in [4.78, 5) is 17.3. The van der Waals surface area contributed by atoms with E-state index in [0.717, 1.165) is 12.8 Å². The van der Waals surface area contributed by atoms with Crippen LogP contribution < -0.4 is 25.3 Å². The Balaban J connectivity index is 1.55. The fourth-order valence-electron chi connectivity index (χ4n) is 3.60. The van der Waals surface area contributed by atoms with Gasteiger partial charge in [-0.15, -0.1) is 0 Å². The van der Waals surface area contributed by atoms with E-state index in [4.69, 9.17) is 19.6 Å². The van der Waals surface area contributed by atoms with Crippen LogP contribution >= 0.6 is 0 Å². The Morgan fingerprint density at radius 1 is 1.17 bits per heavy atom. The lowest BCUT2D eigenvalue weighted by Gasteiger charge is -2.12. The molecule has 1 atom stereocenters. The Kier molecular flexibility index (Phi) is 8.04. The van der Waals surface area contributed by atoms with Crippen LogP contribution in [0, 0.1) is 5.92 Å². The summed E-state index contributed by atoms with van der Waals surface area (Å²) < 4.78 is 47.5. The van der Waals surface area contributed by atoms with Gasteiger partial charge in [0.05, 0.1) is 31.4 Å². The second kappa shape index (κ2) is 11.4. The highest BCUT2D eigenvalue weighted by Crippen LogP contribution is 2.37. The Labute approximate surface area is 207 Å². The van der Waals surface area contributed by atoms with Crippen LogP contribution in [0.1, 0.15) is 54.5 Å². The van der Waals surface area contributed by atoms with E-state index in [2.05, 4.69) is 15.0 Å². The van der Waals surface area contributed by atoms with Crippen LogP contribution in [-0.4, -0.2) is 30.7 Å². The van der Waals surface area contributed by atoms with Crippen LogP contribution in [0.2, 0.25) is 0 Å². The molecule has 1 aliphatic rings. The number of oxazole rings is 1. The van der Waals surface area contributed by atoms with Crippen molar-refractivity contribution in [1.29, 1.82) is 0 Å². The lowest BCUT2D eigenvalue weighted by Crippen LogP contribution is -2.24. The van der Waals surface area contributed by atoms with Gasteiger partial charge in [-0.25, -0.2) is 4.98 Å². The molecular formula is C26H29F2N3O5. The SMILES string of the molecule is CCOc1ccccc1C(=O)NCc1nc(-c2ccc(OC(F)F)c(OCC3CC3)c2)oc1C(C)N. The van der Waals surface area contributed by atoms with Gasteiger partial charge in [-0.05, 0) is 62.9 Å². The number of ether oxygens (including phenoxy) is 3. The standard InChI is InChI=1S/C26H29F2N3O5/c1-3-33-20-7-5-4-6-18(20)24(32)30-13-19-23(15(2)29)36-25(31-19)17-10-11-21(35-26(27)28)22(12-17)34-14-16-8-9-16/h4-7,10-12,15-16,26H,3,8-9,13-14,29H2,1-2H3,(H,30,32). The van der Waals surface area contributed by atoms with Gasteiger partial charge in [0, 0.05) is 5.56 Å². The van der Waals surface area contributed by atoms with Gasteiger partial charge in [0.2, 0.25) is 5.89 Å². The predicted octanol–water partition coefficient (Wildman–Crippen LogP) is 5.08. The van der Waals surface area contributed by atoms with Crippen molar-refractivity contribution in [2.75, 3.05) is 13.2 Å². The lowest BCUT2D eigenvalue weighted by atomic mass is 10.1. The number of alkyl halides is 2. The summed E-state index contributed by atoms with van der Waals surface area (Å²) in [7, 11) is 0. The van der Waals surface area contributed by atoms with Gasteiger partial charge in [0.25, 0.3) is 5.91 Å². The molecule has 2 aromatic carbocycles. The minimum absolute atomic E-state index is 0.0613. The molecule has 1 heterocycles. The van der Waals surface area contributed by atoms with E-state index in [-0.39, 0.29) is 29.8 Å². The first-order valence-electron chi connectivity index (χ1n) is 11.8. The maximum absolute atomic E-state index is 12.9. The summed E-state index contributed by atoms with van der Waals surface area (Å²) in [5, 5.41) is 2.83. The van der Waals surface area contributed by atoms with E-state index < -0.39 is 12.7 Å². The first-order chi connectivity index (χ1) is 17.4. The van der Waals surface area contributed by atoms with Crippen LogP contribution in [-0.2, 0) is 6.54 Å². The quantitative estimate of drug-likeness (QED) is 0.356. The zero-order valence-electron chi connectivity index (χ0n) is 20.1. The molecule has 0 radical (unpaired) electrons. The second-order valence-electron chi connectivity index (χ2n) is 8.52. The highest BCUT2D eigenvalue weighted by atomic mass is 19.3. The molecule has 8 nitrogen and oxygen atoms in total. The zero-order valence-corrected chi connectivity index (χ0v) is 20.1. The topological polar surface area (TPSA) is 109 Å². The Bertz CT molecular complexity index is 1190. The van der Waals surface area contributed by atoms with Crippen molar-refractivity contribution in [3.8, 4) is 28.7 Å². The highest BCUT2D eigenvalue weighted by molar-refractivity contribution is 5.96. The van der Waals surface area contributed by atoms with E-state index in [9.17, 15) is 13.6 Å². The van der Waals surface area contributed by atoms with Crippen molar-refractivity contribution in [2.45, 2.75) is 45.9 Å². The number of nitrogens with zero attached hydrogens (tertiary/aromatic N) is 1. The number of hydrogen-bond acceptors (Lipinski definition) is 7. The van der Waals surface area contributed by atoms with Crippen LogP contribution in [0.5, 0.6) is 17.2 Å². The maximum Gasteiger partial charge on any atom is 0.387 e. The van der Waals surface area contributed by atoms with Crippen molar-refractivity contribution in [3.05, 3.63) is 59.5 Å². The van der Waals surface area contributed by atoms with Crippen molar-refractivity contribution in [3.63, 3.8) is 0 Å². The summed E-state index contributed by atoms with van der Waals surface area (Å²) in [6.45, 7) is 1.52. The predicted molar refractivity (Wildman–Crippen MR) is 128 cm³/mol. The number of rotatable bonds is 12. The molecule has 1 unspecified atom stereocenters. The minimum Gasteiger partial charge on any atom is -0.493 e. The molecule has 0 saturated heterocycles. The number of benzene rings is 2.